The molecule has 46 heavy (non-hydrogen) atoms. The highest BCUT2D eigenvalue weighted by molar-refractivity contribution is 7.99. The summed E-state index contributed by atoms with van der Waals surface area (Å²) < 4.78 is 48.9. The Labute approximate surface area is 277 Å². The third-order valence-electron chi connectivity index (χ3n) is 7.23. The molecule has 0 spiro atoms. The zero-order valence-corrected chi connectivity index (χ0v) is 28.3. The van der Waals surface area contributed by atoms with Gasteiger partial charge in [-0.3, -0.25) is 14.4 Å². The molecule has 2 fully saturated rings. The summed E-state index contributed by atoms with van der Waals surface area (Å²) in [4.78, 5) is 46.9. The molecule has 0 aromatic heterocycles. The molecular weight excluding hydrogens is 642 g/mol. The highest BCUT2D eigenvalue weighted by Crippen LogP contribution is 2.29. The van der Waals surface area contributed by atoms with Crippen LogP contribution in [0.4, 0.5) is 8.78 Å². The fraction of sp³-hybridized carbons (Fsp3) is 0.515. The smallest absolute Gasteiger partial charge is 0.363 e. The molecule has 254 valence electrons. The van der Waals surface area contributed by atoms with Gasteiger partial charge >= 0.3 is 5.97 Å². The Bertz CT molecular complexity index is 1240. The van der Waals surface area contributed by atoms with E-state index in [4.69, 9.17) is 9.47 Å². The summed E-state index contributed by atoms with van der Waals surface area (Å²) >= 11 is 3.41. The molecule has 2 aliphatic heterocycles. The molecule has 0 amide bonds. The van der Waals surface area contributed by atoms with Crippen LogP contribution in [0.3, 0.4) is 0 Å². The van der Waals surface area contributed by atoms with Crippen LogP contribution in [0.5, 0.6) is 0 Å². The van der Waals surface area contributed by atoms with E-state index in [-0.39, 0.29) is 35.0 Å². The molecule has 0 radical (unpaired) electrons. The van der Waals surface area contributed by atoms with Crippen LogP contribution in [0.1, 0.15) is 17.5 Å². The molecule has 2 aliphatic rings. The predicted molar refractivity (Wildman–Crippen MR) is 173 cm³/mol. The van der Waals surface area contributed by atoms with Gasteiger partial charge in [-0.2, -0.15) is 23.5 Å². The molecule has 2 aromatic carbocycles. The number of hydrogen-bond acceptors (Lipinski definition) is 11. The number of hydrogen-bond donors (Lipinski definition) is 0. The minimum Gasteiger partial charge on any atom is -0.465 e. The normalized spacial score (nSPS) is 19.5. The van der Waals surface area contributed by atoms with E-state index >= 15 is 0 Å². The van der Waals surface area contributed by atoms with Gasteiger partial charge in [0, 0.05) is 69.7 Å². The number of thioether (sulfide) groups is 2. The number of methoxy groups -OCH3 is 5. The first-order valence-corrected chi connectivity index (χ1v) is 16.8. The zero-order valence-electron chi connectivity index (χ0n) is 26.7. The molecular formula is C33H42F2O9S2. The number of Topliss-reactive ketones (excluding diaryl/α,β-unsaturated/α-hetero) is 3. The maximum atomic E-state index is 12.9. The molecule has 2 saturated heterocycles. The number of esters is 1. The highest BCUT2D eigenvalue weighted by Gasteiger charge is 2.39. The number of benzene rings is 2. The van der Waals surface area contributed by atoms with Gasteiger partial charge in [-0.05, 0) is 48.2 Å². The van der Waals surface area contributed by atoms with Gasteiger partial charge in [-0.25, -0.2) is 13.6 Å². The Hall–Kier alpha value is -2.68. The number of ketones is 3. The van der Waals surface area contributed by atoms with Crippen molar-refractivity contribution in [1.29, 1.82) is 0 Å². The van der Waals surface area contributed by atoms with Crippen molar-refractivity contribution in [1.82, 2.24) is 0 Å². The van der Waals surface area contributed by atoms with E-state index in [2.05, 4.69) is 14.2 Å². The molecule has 0 saturated carbocycles. The number of carbonyl (C=O) groups is 4. The largest absolute Gasteiger partial charge is 0.465 e. The SMILES string of the molecule is COC(=O)C(OC)OC.COC(OC)C(=O)C1CSCC(Cc2ccc(F)cc2)C1=O.O=C1CCSCC1Cc1ccc(F)cc1. The van der Waals surface area contributed by atoms with Crippen LogP contribution in [0.15, 0.2) is 48.5 Å². The maximum Gasteiger partial charge on any atom is 0.363 e. The van der Waals surface area contributed by atoms with Crippen LogP contribution in [0, 0.1) is 29.4 Å². The van der Waals surface area contributed by atoms with Crippen molar-refractivity contribution in [3.05, 3.63) is 71.3 Å². The van der Waals surface area contributed by atoms with Gasteiger partial charge in [0.2, 0.25) is 6.29 Å². The molecule has 4 rings (SSSR count). The second-order valence-electron chi connectivity index (χ2n) is 10.4. The highest BCUT2D eigenvalue weighted by atomic mass is 32.2. The minimum absolute atomic E-state index is 0.0767. The molecule has 3 atom stereocenters. The lowest BCUT2D eigenvalue weighted by Crippen LogP contribution is -2.43. The van der Waals surface area contributed by atoms with E-state index in [0.29, 0.717) is 30.1 Å². The standard InChI is InChI=1S/C16H19FO4S.C12H13FOS.C5H10O4/c1-20-16(21-2)15(19)13-9-22-8-11(14(13)18)7-10-3-5-12(17)6-4-10;13-11-3-1-9(2-4-11)7-10-8-15-6-5-12(10)14;1-7-4(6)5(8-2)9-3/h3-6,11,13,16H,7-9H2,1-2H3;1-4,10H,5-8H2;5H,1-3H3. The van der Waals surface area contributed by atoms with E-state index in [1.54, 1.807) is 36.0 Å². The van der Waals surface area contributed by atoms with E-state index in [0.717, 1.165) is 29.1 Å². The fourth-order valence-electron chi connectivity index (χ4n) is 4.71. The topological polar surface area (TPSA) is 114 Å². The summed E-state index contributed by atoms with van der Waals surface area (Å²) in [5, 5.41) is 0. The second kappa shape index (κ2) is 21.2. The van der Waals surface area contributed by atoms with Crippen molar-refractivity contribution >= 4 is 46.8 Å². The summed E-state index contributed by atoms with van der Waals surface area (Å²) in [6.07, 6.45) is 0.0671. The molecule has 0 bridgehead atoms. The average molecular weight is 685 g/mol. The monoisotopic (exact) mass is 684 g/mol. The third-order valence-corrected chi connectivity index (χ3v) is 9.57. The van der Waals surface area contributed by atoms with Crippen LogP contribution in [0.2, 0.25) is 0 Å². The molecule has 0 aliphatic carbocycles. The number of carbonyl (C=O) groups excluding carboxylic acids is 4. The van der Waals surface area contributed by atoms with Crippen molar-refractivity contribution in [2.75, 3.05) is 58.6 Å². The maximum absolute atomic E-state index is 12.9. The van der Waals surface area contributed by atoms with Gasteiger partial charge in [0.1, 0.15) is 23.2 Å². The first-order chi connectivity index (χ1) is 22.1. The Morgan fingerprint density at radius 3 is 1.63 bits per heavy atom. The van der Waals surface area contributed by atoms with E-state index in [9.17, 15) is 28.0 Å². The van der Waals surface area contributed by atoms with E-state index < -0.39 is 24.5 Å². The Balaban J connectivity index is 0.000000265. The van der Waals surface area contributed by atoms with Crippen molar-refractivity contribution in [3.8, 4) is 0 Å². The van der Waals surface area contributed by atoms with Gasteiger partial charge in [-0.15, -0.1) is 0 Å². The first kappa shape index (κ1) is 39.5. The molecule has 9 nitrogen and oxygen atoms in total. The van der Waals surface area contributed by atoms with Gasteiger partial charge in [0.25, 0.3) is 6.29 Å². The van der Waals surface area contributed by atoms with Crippen LogP contribution in [-0.4, -0.2) is 94.5 Å². The summed E-state index contributed by atoms with van der Waals surface area (Å²) in [6.45, 7) is 0. The molecule has 3 unspecified atom stereocenters. The number of ether oxygens (including phenoxy) is 5. The van der Waals surface area contributed by atoms with Gasteiger partial charge in [-0.1, -0.05) is 24.3 Å². The van der Waals surface area contributed by atoms with Crippen LogP contribution >= 0.6 is 23.5 Å². The van der Waals surface area contributed by atoms with Crippen molar-refractivity contribution < 1.29 is 51.6 Å². The quantitative estimate of drug-likeness (QED) is 0.188. The van der Waals surface area contributed by atoms with Crippen LogP contribution in [-0.2, 0) is 55.7 Å². The number of rotatable bonds is 11. The Kier molecular flexibility index (Phi) is 18.2. The summed E-state index contributed by atoms with van der Waals surface area (Å²) in [7, 11) is 6.76. The van der Waals surface area contributed by atoms with Gasteiger partial charge in [0.15, 0.2) is 5.78 Å². The zero-order chi connectivity index (χ0) is 34.1. The lowest BCUT2D eigenvalue weighted by molar-refractivity contribution is -0.180. The lowest BCUT2D eigenvalue weighted by Gasteiger charge is -2.28. The first-order valence-electron chi connectivity index (χ1n) is 14.5. The third kappa shape index (κ3) is 12.8. The Morgan fingerprint density at radius 2 is 1.20 bits per heavy atom. The lowest BCUT2D eigenvalue weighted by atomic mass is 9.87. The molecule has 2 heterocycles. The van der Waals surface area contributed by atoms with Crippen molar-refractivity contribution in [2.24, 2.45) is 17.8 Å². The summed E-state index contributed by atoms with van der Waals surface area (Å²) in [6, 6.07) is 12.5. The molecule has 13 heteroatoms. The van der Waals surface area contributed by atoms with Crippen LogP contribution in [0.25, 0.3) is 0 Å². The average Bonchev–Trinajstić information content (AvgIpc) is 3.06. The predicted octanol–water partition coefficient (Wildman–Crippen LogP) is 4.57. The second-order valence-corrected chi connectivity index (χ2v) is 12.6. The van der Waals surface area contributed by atoms with Gasteiger partial charge < -0.3 is 23.7 Å². The minimum atomic E-state index is -1.00. The number of halogens is 2. The summed E-state index contributed by atoms with van der Waals surface area (Å²) in [5.41, 5.74) is 1.95. The van der Waals surface area contributed by atoms with Crippen molar-refractivity contribution in [3.63, 3.8) is 0 Å². The fourth-order valence-corrected chi connectivity index (χ4v) is 7.08. The van der Waals surface area contributed by atoms with E-state index in [1.807, 2.05) is 11.8 Å². The molecule has 0 N–H and O–H groups in total. The van der Waals surface area contributed by atoms with Crippen molar-refractivity contribution in [2.45, 2.75) is 31.8 Å². The van der Waals surface area contributed by atoms with E-state index in [1.165, 1.54) is 59.8 Å². The van der Waals surface area contributed by atoms with Gasteiger partial charge in [0.05, 0.1) is 13.0 Å². The summed E-state index contributed by atoms with van der Waals surface area (Å²) in [5.74, 6) is 1.10. The Morgan fingerprint density at radius 1 is 0.717 bits per heavy atom. The van der Waals surface area contributed by atoms with Crippen LogP contribution < -0.4 is 0 Å². The molecule has 2 aromatic rings.